The van der Waals surface area contributed by atoms with Crippen LogP contribution in [-0.2, 0) is 14.8 Å². The highest BCUT2D eigenvalue weighted by Crippen LogP contribution is 2.30. The molecule has 1 aliphatic rings. The van der Waals surface area contributed by atoms with Crippen molar-refractivity contribution in [3.8, 4) is 5.75 Å². The number of methoxy groups -OCH3 is 1. The third-order valence-corrected chi connectivity index (χ3v) is 8.29. The predicted molar refractivity (Wildman–Crippen MR) is 132 cm³/mol. The molecule has 1 atom stereocenters. The van der Waals surface area contributed by atoms with E-state index < -0.39 is 57.7 Å². The molecule has 1 saturated carbocycles. The lowest BCUT2D eigenvalue weighted by molar-refractivity contribution is -0.121. The van der Waals surface area contributed by atoms with Gasteiger partial charge in [0, 0.05) is 11.8 Å². The van der Waals surface area contributed by atoms with Crippen molar-refractivity contribution < 1.29 is 49.3 Å². The van der Waals surface area contributed by atoms with Gasteiger partial charge in [-0.15, -0.1) is 0 Å². The molecule has 1 aromatic carbocycles. The summed E-state index contributed by atoms with van der Waals surface area (Å²) in [5, 5.41) is 11.9. The van der Waals surface area contributed by atoms with Crippen molar-refractivity contribution in [1.29, 1.82) is 0 Å². The second kappa shape index (κ2) is 13.6. The van der Waals surface area contributed by atoms with Crippen LogP contribution in [0, 0.1) is 5.92 Å². The standard InChI is InChI=1S/C22H26F5N5O6S2/c1-37-14-9-13(7-8-15(14)40(35,36)28-11-22(25,26)27)29-19(33)17(12-5-3-2-4-6-12)30-20(34)18-21(32-38-31-18)39-10-16(23)24/h7-9,12,16-17,28H,2-6,10-11H2,1H3,(H,29,33)(H,30,34)/t17-/m0/s1. The molecule has 0 radical (unpaired) electrons. The summed E-state index contributed by atoms with van der Waals surface area (Å²) in [6.45, 7) is -1.79. The van der Waals surface area contributed by atoms with Crippen molar-refractivity contribution >= 4 is 39.3 Å². The molecule has 1 heterocycles. The first kappa shape index (κ1) is 31.5. The lowest BCUT2D eigenvalue weighted by Crippen LogP contribution is -2.49. The normalized spacial score (nSPS) is 15.6. The molecule has 40 heavy (non-hydrogen) atoms. The Morgan fingerprint density at radius 3 is 2.50 bits per heavy atom. The van der Waals surface area contributed by atoms with Crippen LogP contribution in [0.15, 0.2) is 32.7 Å². The van der Waals surface area contributed by atoms with Crippen LogP contribution in [0.1, 0.15) is 42.6 Å². The van der Waals surface area contributed by atoms with E-state index in [0.717, 1.165) is 44.6 Å². The third kappa shape index (κ3) is 8.76. The number of halogens is 5. The average molecular weight is 616 g/mol. The van der Waals surface area contributed by atoms with E-state index in [1.165, 1.54) is 4.72 Å². The molecule has 0 spiro atoms. The van der Waals surface area contributed by atoms with Gasteiger partial charge in [-0.3, -0.25) is 9.59 Å². The van der Waals surface area contributed by atoms with Gasteiger partial charge in [0.05, 0.1) is 12.9 Å². The average Bonchev–Trinajstić information content (AvgIpc) is 3.38. The summed E-state index contributed by atoms with van der Waals surface area (Å²) >= 11 is 0.567. The maximum Gasteiger partial charge on any atom is 0.402 e. The zero-order valence-electron chi connectivity index (χ0n) is 21.0. The molecule has 3 N–H and O–H groups in total. The molecule has 0 unspecified atom stereocenters. The van der Waals surface area contributed by atoms with Crippen molar-refractivity contribution in [3.63, 3.8) is 0 Å². The van der Waals surface area contributed by atoms with Crippen LogP contribution >= 0.6 is 11.8 Å². The maximum absolute atomic E-state index is 13.3. The molecule has 0 aliphatic heterocycles. The van der Waals surface area contributed by atoms with Crippen molar-refractivity contribution in [2.75, 3.05) is 24.7 Å². The molecular formula is C22H26F5N5O6S2. The largest absolute Gasteiger partial charge is 0.495 e. The molecule has 2 amide bonds. The number of thioether (sulfide) groups is 1. The van der Waals surface area contributed by atoms with Gasteiger partial charge in [0.25, 0.3) is 5.91 Å². The fourth-order valence-electron chi connectivity index (χ4n) is 4.07. The first-order chi connectivity index (χ1) is 18.8. The maximum atomic E-state index is 13.3. The highest BCUT2D eigenvalue weighted by atomic mass is 32.2. The number of anilines is 1. The molecule has 1 aliphatic carbocycles. The van der Waals surface area contributed by atoms with Crippen molar-refractivity contribution in [2.45, 2.75) is 60.7 Å². The van der Waals surface area contributed by atoms with E-state index in [-0.39, 0.29) is 28.1 Å². The number of nitrogens with one attached hydrogen (secondary N) is 3. The van der Waals surface area contributed by atoms with Crippen LogP contribution < -0.4 is 20.1 Å². The van der Waals surface area contributed by atoms with E-state index in [9.17, 15) is 40.0 Å². The van der Waals surface area contributed by atoms with Gasteiger partial charge in [-0.1, -0.05) is 31.0 Å². The van der Waals surface area contributed by atoms with Gasteiger partial charge in [0.15, 0.2) is 5.03 Å². The van der Waals surface area contributed by atoms with Gasteiger partial charge in [-0.2, -0.15) is 13.2 Å². The Morgan fingerprint density at radius 1 is 1.18 bits per heavy atom. The summed E-state index contributed by atoms with van der Waals surface area (Å²) in [7, 11) is -3.50. The highest BCUT2D eigenvalue weighted by Gasteiger charge is 2.34. The molecule has 1 aromatic heterocycles. The Morgan fingerprint density at radius 2 is 1.88 bits per heavy atom. The van der Waals surface area contributed by atoms with E-state index in [0.29, 0.717) is 24.6 Å². The quantitative estimate of drug-likeness (QED) is 0.240. The van der Waals surface area contributed by atoms with Crippen molar-refractivity contribution in [1.82, 2.24) is 20.4 Å². The first-order valence-electron chi connectivity index (χ1n) is 11.9. The SMILES string of the molecule is COc1cc(NC(=O)[C@@H](NC(=O)c2nonc2SCC(F)F)C2CCCCC2)ccc1S(=O)(=O)NCC(F)(F)F. The topological polar surface area (TPSA) is 153 Å². The fraction of sp³-hybridized carbons (Fsp3) is 0.545. The van der Waals surface area contributed by atoms with Crippen molar-refractivity contribution in [3.05, 3.63) is 23.9 Å². The van der Waals surface area contributed by atoms with Crippen LogP contribution in [0.25, 0.3) is 0 Å². The lowest BCUT2D eigenvalue weighted by atomic mass is 9.83. The first-order valence-corrected chi connectivity index (χ1v) is 14.4. The molecule has 3 rings (SSSR count). The van der Waals surface area contributed by atoms with Gasteiger partial charge in [-0.05, 0) is 41.2 Å². The van der Waals surface area contributed by atoms with E-state index in [1.807, 2.05) is 0 Å². The molecule has 0 bridgehead atoms. The highest BCUT2D eigenvalue weighted by molar-refractivity contribution is 7.99. The number of carbonyl (C=O) groups is 2. The minimum atomic E-state index is -4.78. The molecular weight excluding hydrogens is 589 g/mol. The number of hydrogen-bond acceptors (Lipinski definition) is 9. The predicted octanol–water partition coefficient (Wildman–Crippen LogP) is 3.59. The number of hydrogen-bond donors (Lipinski definition) is 3. The summed E-state index contributed by atoms with van der Waals surface area (Å²) in [5.41, 5.74) is -0.315. The van der Waals surface area contributed by atoms with Gasteiger partial charge < -0.3 is 15.4 Å². The number of rotatable bonds is 12. The van der Waals surface area contributed by atoms with Crippen LogP contribution in [0.5, 0.6) is 5.75 Å². The monoisotopic (exact) mass is 615 g/mol. The van der Waals surface area contributed by atoms with Crippen molar-refractivity contribution in [2.24, 2.45) is 5.92 Å². The summed E-state index contributed by atoms with van der Waals surface area (Å²) in [5.74, 6) is -2.81. The number of benzene rings is 1. The molecule has 11 nitrogen and oxygen atoms in total. The number of aromatic nitrogens is 2. The van der Waals surface area contributed by atoms with Gasteiger partial charge >= 0.3 is 6.18 Å². The zero-order valence-corrected chi connectivity index (χ0v) is 22.6. The van der Waals surface area contributed by atoms with Crippen LogP contribution in [-0.4, -0.2) is 68.6 Å². The Labute approximate surface area is 230 Å². The number of sulfonamides is 1. The van der Waals surface area contributed by atoms with E-state index in [1.54, 1.807) is 0 Å². The summed E-state index contributed by atoms with van der Waals surface area (Å²) < 4.78 is 98.5. The number of carbonyl (C=O) groups excluding carboxylic acids is 2. The summed E-state index contributed by atoms with van der Waals surface area (Å²) in [6.07, 6.45) is -3.70. The Kier molecular flexibility index (Phi) is 10.7. The van der Waals surface area contributed by atoms with Crippen LogP contribution in [0.2, 0.25) is 0 Å². The number of amides is 2. The number of ether oxygens (including phenoxy) is 1. The second-order valence-corrected chi connectivity index (χ2v) is 11.5. The molecule has 2 aromatic rings. The Bertz CT molecular complexity index is 1290. The molecule has 18 heteroatoms. The fourth-order valence-corrected chi connectivity index (χ4v) is 5.87. The number of alkyl halides is 5. The molecule has 222 valence electrons. The minimum absolute atomic E-state index is 0.0444. The van der Waals surface area contributed by atoms with Gasteiger partial charge in [0.2, 0.25) is 28.0 Å². The zero-order chi connectivity index (χ0) is 29.5. The smallest absolute Gasteiger partial charge is 0.402 e. The van der Waals surface area contributed by atoms with Crippen LogP contribution in [0.4, 0.5) is 27.6 Å². The van der Waals surface area contributed by atoms with Gasteiger partial charge in [-0.25, -0.2) is 26.5 Å². The number of nitrogens with zero attached hydrogens (tertiary/aromatic N) is 2. The second-order valence-electron chi connectivity index (χ2n) is 8.76. The Hall–Kier alpha value is -2.99. The van der Waals surface area contributed by atoms with Crippen LogP contribution in [0.3, 0.4) is 0 Å². The summed E-state index contributed by atoms with van der Waals surface area (Å²) in [6, 6.07) is 2.14. The van der Waals surface area contributed by atoms with E-state index in [4.69, 9.17) is 4.74 Å². The lowest BCUT2D eigenvalue weighted by Gasteiger charge is -2.30. The third-order valence-electron chi connectivity index (χ3n) is 5.89. The molecule has 0 saturated heterocycles. The minimum Gasteiger partial charge on any atom is -0.495 e. The van der Waals surface area contributed by atoms with E-state index in [2.05, 4.69) is 25.6 Å². The Balaban J connectivity index is 1.80. The van der Waals surface area contributed by atoms with Gasteiger partial charge in [0.1, 0.15) is 23.2 Å². The molecule has 1 fully saturated rings. The summed E-state index contributed by atoms with van der Waals surface area (Å²) in [4.78, 5) is 25.7. The van der Waals surface area contributed by atoms with E-state index >= 15 is 0 Å².